The third kappa shape index (κ3) is 6.75. The zero-order valence-electron chi connectivity index (χ0n) is 11.6. The number of carbonyl (C=O) groups is 2. The summed E-state index contributed by atoms with van der Waals surface area (Å²) in [7, 11) is -2.73. The Morgan fingerprint density at radius 2 is 1.95 bits per heavy atom. The van der Waals surface area contributed by atoms with Gasteiger partial charge in [0.15, 0.2) is 0 Å². The lowest BCUT2D eigenvalue weighted by molar-refractivity contribution is -0.137. The minimum absolute atomic E-state index is 0.181. The number of rotatable bonds is 8. The van der Waals surface area contributed by atoms with Crippen molar-refractivity contribution in [1.82, 2.24) is 5.32 Å². The number of carbonyl (C=O) groups excluding carboxylic acids is 1. The lowest BCUT2D eigenvalue weighted by atomic mass is 10.3. The number of amides is 1. The lowest BCUT2D eigenvalue weighted by Gasteiger charge is -2.07. The topological polar surface area (TPSA) is 117 Å². The smallest absolute Gasteiger partial charge is 0.322 e. The summed E-state index contributed by atoms with van der Waals surface area (Å²) in [4.78, 5) is 21.9. The molecule has 0 fully saturated rings. The van der Waals surface area contributed by atoms with Crippen LogP contribution in [0.5, 0.6) is 5.75 Å². The number of nitrogens with one attached hydrogen (secondary N) is 2. The van der Waals surface area contributed by atoms with E-state index in [9.17, 15) is 13.8 Å². The molecule has 0 heterocycles. The van der Waals surface area contributed by atoms with Crippen LogP contribution in [0.25, 0.3) is 0 Å². The Labute approximate surface area is 123 Å². The van der Waals surface area contributed by atoms with E-state index >= 15 is 0 Å². The summed E-state index contributed by atoms with van der Waals surface area (Å²) in [6.07, 6.45) is 1.98. The van der Waals surface area contributed by atoms with Crippen molar-refractivity contribution in [2.45, 2.75) is 17.7 Å². The van der Waals surface area contributed by atoms with Gasteiger partial charge in [0.05, 0.1) is 16.3 Å². The normalized spacial score (nSPS) is 13.2. The van der Waals surface area contributed by atoms with Crippen LogP contribution in [0.1, 0.15) is 12.8 Å². The molecular weight excluding hydrogens is 296 g/mol. The molecule has 1 amide bonds. The Balaban J connectivity index is 2.30. The molecule has 8 heteroatoms. The van der Waals surface area contributed by atoms with Crippen molar-refractivity contribution < 1.29 is 23.6 Å². The zero-order chi connectivity index (χ0) is 15.9. The van der Waals surface area contributed by atoms with Crippen molar-refractivity contribution in [3.05, 3.63) is 24.3 Å². The van der Waals surface area contributed by atoms with Gasteiger partial charge in [-0.15, -0.1) is 0 Å². The van der Waals surface area contributed by atoms with Crippen LogP contribution >= 0.6 is 0 Å². The maximum atomic E-state index is 11.5. The van der Waals surface area contributed by atoms with Gasteiger partial charge in [-0.2, -0.15) is 0 Å². The lowest BCUT2D eigenvalue weighted by Crippen LogP contribution is -2.29. The molecule has 1 aromatic rings. The van der Waals surface area contributed by atoms with E-state index in [0.29, 0.717) is 23.7 Å². The van der Waals surface area contributed by atoms with Gasteiger partial charge < -0.3 is 15.2 Å². The summed E-state index contributed by atoms with van der Waals surface area (Å²) >= 11 is 0. The number of carboxylic acids is 1. The molecule has 0 spiro atoms. The number of hydrogen-bond donors (Lipinski definition) is 3. The first-order chi connectivity index (χ1) is 9.79. The Bertz CT molecular complexity index is 595. The molecule has 0 aromatic heterocycles. The van der Waals surface area contributed by atoms with E-state index in [4.69, 9.17) is 14.6 Å². The molecule has 116 valence electrons. The van der Waals surface area contributed by atoms with E-state index in [2.05, 4.69) is 5.32 Å². The number of ether oxygens (including phenoxy) is 1. The molecule has 0 saturated carbocycles. The van der Waals surface area contributed by atoms with Crippen LogP contribution in [0.15, 0.2) is 29.2 Å². The molecule has 3 N–H and O–H groups in total. The van der Waals surface area contributed by atoms with Gasteiger partial charge in [0.1, 0.15) is 12.3 Å². The van der Waals surface area contributed by atoms with Crippen LogP contribution in [0, 0.1) is 4.78 Å². The number of hydrogen-bond acceptors (Lipinski definition) is 5. The van der Waals surface area contributed by atoms with E-state index in [1.807, 2.05) is 0 Å². The van der Waals surface area contributed by atoms with Crippen molar-refractivity contribution in [2.75, 3.05) is 19.4 Å². The summed E-state index contributed by atoms with van der Waals surface area (Å²) in [5, 5.41) is 10.6. The minimum atomic E-state index is -2.73. The highest BCUT2D eigenvalue weighted by molar-refractivity contribution is 7.91. The van der Waals surface area contributed by atoms with E-state index < -0.39 is 15.7 Å². The van der Waals surface area contributed by atoms with Crippen LogP contribution < -0.4 is 10.1 Å². The fourth-order valence-corrected chi connectivity index (χ4v) is 2.14. The maximum Gasteiger partial charge on any atom is 0.322 e. The predicted molar refractivity (Wildman–Crippen MR) is 76.9 cm³/mol. The summed E-state index contributed by atoms with van der Waals surface area (Å²) < 4.78 is 24.3. The van der Waals surface area contributed by atoms with Crippen LogP contribution in [0.2, 0.25) is 0 Å². The molecule has 1 atom stereocenters. The first-order valence-corrected chi connectivity index (χ1v) is 8.21. The monoisotopic (exact) mass is 314 g/mol. The van der Waals surface area contributed by atoms with Gasteiger partial charge in [-0.05, 0) is 30.7 Å². The first-order valence-electron chi connectivity index (χ1n) is 6.24. The standard InChI is InChI=1S/C13H18N2O5S/c1-21(14,19)11-6-4-10(5-7-11)20-8-2-3-12(16)15-9-13(17)18/h4-7,14H,2-3,8-9H2,1H3,(H,15,16)(H,17,18). The Morgan fingerprint density at radius 1 is 1.33 bits per heavy atom. The van der Waals surface area contributed by atoms with E-state index in [1.165, 1.54) is 6.26 Å². The van der Waals surface area contributed by atoms with Gasteiger partial charge in [-0.25, -0.2) is 8.99 Å². The molecule has 0 bridgehead atoms. The highest BCUT2D eigenvalue weighted by Gasteiger charge is 2.05. The van der Waals surface area contributed by atoms with Crippen LogP contribution in [-0.4, -0.2) is 40.6 Å². The molecular formula is C13H18N2O5S. The molecule has 1 unspecified atom stereocenters. The second kappa shape index (κ2) is 7.63. The van der Waals surface area contributed by atoms with Gasteiger partial charge in [0.2, 0.25) is 5.91 Å². The molecule has 1 rings (SSSR count). The summed E-state index contributed by atoms with van der Waals surface area (Å²) in [6, 6.07) is 6.39. The largest absolute Gasteiger partial charge is 0.494 e. The number of aliphatic carboxylic acids is 1. The molecule has 0 aliphatic rings. The van der Waals surface area contributed by atoms with Crippen molar-refractivity contribution in [3.8, 4) is 5.75 Å². The fourth-order valence-electron chi connectivity index (χ4n) is 1.48. The van der Waals surface area contributed by atoms with Crippen molar-refractivity contribution in [3.63, 3.8) is 0 Å². The average molecular weight is 314 g/mol. The van der Waals surface area contributed by atoms with Gasteiger partial charge in [0, 0.05) is 17.6 Å². The second-order valence-corrected chi connectivity index (χ2v) is 6.60. The Hall–Kier alpha value is -2.09. The van der Waals surface area contributed by atoms with E-state index in [1.54, 1.807) is 24.3 Å². The van der Waals surface area contributed by atoms with Crippen LogP contribution in [0.3, 0.4) is 0 Å². The summed E-state index contributed by atoms with van der Waals surface area (Å²) in [6.45, 7) is -0.0766. The molecule has 0 aliphatic carbocycles. The molecule has 0 radical (unpaired) electrons. The predicted octanol–water partition coefficient (Wildman–Crippen LogP) is 1.08. The minimum Gasteiger partial charge on any atom is -0.494 e. The van der Waals surface area contributed by atoms with E-state index in [0.717, 1.165) is 0 Å². The average Bonchev–Trinajstić information content (AvgIpc) is 2.41. The van der Waals surface area contributed by atoms with Gasteiger partial charge in [-0.1, -0.05) is 0 Å². The third-order valence-corrected chi connectivity index (χ3v) is 3.70. The zero-order valence-corrected chi connectivity index (χ0v) is 12.4. The Morgan fingerprint density at radius 3 is 2.48 bits per heavy atom. The highest BCUT2D eigenvalue weighted by Crippen LogP contribution is 2.16. The molecule has 21 heavy (non-hydrogen) atoms. The molecule has 7 nitrogen and oxygen atoms in total. The molecule has 1 aromatic carbocycles. The highest BCUT2D eigenvalue weighted by atomic mass is 32.2. The van der Waals surface area contributed by atoms with Crippen LogP contribution in [0.4, 0.5) is 0 Å². The summed E-state index contributed by atoms with van der Waals surface area (Å²) in [5.41, 5.74) is 0. The Kier molecular flexibility index (Phi) is 6.16. The van der Waals surface area contributed by atoms with E-state index in [-0.39, 0.29) is 18.9 Å². The second-order valence-electron chi connectivity index (χ2n) is 4.44. The van der Waals surface area contributed by atoms with Crippen molar-refractivity contribution >= 4 is 21.6 Å². The quantitative estimate of drug-likeness (QED) is 0.621. The summed E-state index contributed by atoms with van der Waals surface area (Å²) in [5.74, 6) is -0.855. The van der Waals surface area contributed by atoms with Gasteiger partial charge in [-0.3, -0.25) is 9.59 Å². The molecule has 0 saturated heterocycles. The first kappa shape index (κ1) is 17.0. The van der Waals surface area contributed by atoms with Crippen LogP contribution in [-0.2, 0) is 19.3 Å². The number of carboxylic acid groups (broad SMARTS) is 1. The van der Waals surface area contributed by atoms with Crippen molar-refractivity contribution in [1.29, 1.82) is 4.78 Å². The van der Waals surface area contributed by atoms with Crippen molar-refractivity contribution in [2.24, 2.45) is 0 Å². The van der Waals surface area contributed by atoms with Gasteiger partial charge in [0.25, 0.3) is 0 Å². The fraction of sp³-hybridized carbons (Fsp3) is 0.385. The molecule has 0 aliphatic heterocycles. The SMILES string of the molecule is CS(=N)(=O)c1ccc(OCCCC(=O)NCC(=O)O)cc1. The van der Waals surface area contributed by atoms with Gasteiger partial charge >= 0.3 is 5.97 Å². The maximum absolute atomic E-state index is 11.5. The number of benzene rings is 1. The third-order valence-electron chi connectivity index (χ3n) is 2.53.